The first kappa shape index (κ1) is 31.9. The predicted molar refractivity (Wildman–Crippen MR) is 166 cm³/mol. The van der Waals surface area contributed by atoms with Crippen molar-refractivity contribution >= 4 is 27.5 Å². The van der Waals surface area contributed by atoms with Gasteiger partial charge in [0.05, 0.1) is 11.9 Å². The van der Waals surface area contributed by atoms with Crippen molar-refractivity contribution in [3.63, 3.8) is 0 Å². The quantitative estimate of drug-likeness (QED) is 0.312. The van der Waals surface area contributed by atoms with Crippen LogP contribution in [0.1, 0.15) is 55.9 Å². The van der Waals surface area contributed by atoms with Crippen LogP contribution < -0.4 is 9.62 Å². The number of nitrogens with one attached hydrogen (secondary N) is 1. The second kappa shape index (κ2) is 13.8. The first-order chi connectivity index (χ1) is 19.3. The van der Waals surface area contributed by atoms with Crippen LogP contribution in [0.2, 0.25) is 0 Å². The van der Waals surface area contributed by atoms with E-state index in [9.17, 15) is 18.0 Å². The van der Waals surface area contributed by atoms with Crippen LogP contribution >= 0.6 is 0 Å². The van der Waals surface area contributed by atoms with E-state index in [1.807, 2.05) is 101 Å². The molecule has 1 atom stereocenters. The number of hydrogen-bond acceptors (Lipinski definition) is 4. The number of hydrogen-bond donors (Lipinski definition) is 1. The molecule has 0 heterocycles. The summed E-state index contributed by atoms with van der Waals surface area (Å²) in [7, 11) is -3.56. The zero-order valence-corrected chi connectivity index (χ0v) is 25.9. The molecule has 0 bridgehead atoms. The van der Waals surface area contributed by atoms with Gasteiger partial charge in [-0.2, -0.15) is 0 Å². The Morgan fingerprint density at radius 1 is 0.854 bits per heavy atom. The third kappa shape index (κ3) is 9.46. The van der Waals surface area contributed by atoms with Crippen molar-refractivity contribution in [3.8, 4) is 0 Å². The van der Waals surface area contributed by atoms with Gasteiger partial charge in [-0.05, 0) is 69.4 Å². The number of carbonyl (C=O) groups excluding carboxylic acids is 2. The van der Waals surface area contributed by atoms with Crippen molar-refractivity contribution in [2.45, 2.75) is 72.0 Å². The Morgan fingerprint density at radius 3 is 2.02 bits per heavy atom. The zero-order valence-electron chi connectivity index (χ0n) is 25.1. The van der Waals surface area contributed by atoms with E-state index in [-0.39, 0.29) is 31.3 Å². The van der Waals surface area contributed by atoms with Crippen LogP contribution in [0.15, 0.2) is 78.9 Å². The number of aryl methyl sites for hydroxylation is 2. The van der Waals surface area contributed by atoms with Crippen LogP contribution in [0.25, 0.3) is 0 Å². The molecule has 0 saturated heterocycles. The van der Waals surface area contributed by atoms with Gasteiger partial charge in [-0.15, -0.1) is 0 Å². The lowest BCUT2D eigenvalue weighted by Gasteiger charge is -2.34. The number of para-hydroxylation sites is 1. The molecule has 3 aromatic carbocycles. The summed E-state index contributed by atoms with van der Waals surface area (Å²) in [5.41, 5.74) is 3.90. The molecule has 0 spiro atoms. The van der Waals surface area contributed by atoms with E-state index >= 15 is 0 Å². The summed E-state index contributed by atoms with van der Waals surface area (Å²) in [6.07, 6.45) is 1.94. The molecule has 0 aromatic heterocycles. The van der Waals surface area contributed by atoms with Crippen LogP contribution in [-0.4, -0.2) is 49.5 Å². The second-order valence-corrected chi connectivity index (χ2v) is 13.5. The maximum absolute atomic E-state index is 14.0. The molecule has 2 amide bonds. The Morgan fingerprint density at radius 2 is 1.44 bits per heavy atom. The maximum atomic E-state index is 14.0. The highest BCUT2D eigenvalue weighted by Gasteiger charge is 2.32. The summed E-state index contributed by atoms with van der Waals surface area (Å²) >= 11 is 0. The Balaban J connectivity index is 1.92. The average molecular weight is 578 g/mol. The third-order valence-electron chi connectivity index (χ3n) is 6.91. The molecule has 7 nitrogen and oxygen atoms in total. The van der Waals surface area contributed by atoms with Gasteiger partial charge in [0.1, 0.15) is 6.04 Å². The van der Waals surface area contributed by atoms with E-state index in [1.165, 1.54) is 10.6 Å². The van der Waals surface area contributed by atoms with Gasteiger partial charge < -0.3 is 10.2 Å². The number of nitrogens with zero attached hydrogens (tertiary/aromatic N) is 2. The number of sulfonamides is 1. The van der Waals surface area contributed by atoms with E-state index in [1.54, 1.807) is 17.0 Å². The maximum Gasteiger partial charge on any atom is 0.243 e. The summed E-state index contributed by atoms with van der Waals surface area (Å²) in [4.78, 5) is 29.4. The summed E-state index contributed by atoms with van der Waals surface area (Å²) in [5.74, 6) is -0.419. The molecule has 1 N–H and O–H groups in total. The van der Waals surface area contributed by atoms with Crippen LogP contribution in [0, 0.1) is 13.8 Å². The van der Waals surface area contributed by atoms with Gasteiger partial charge in [-0.25, -0.2) is 8.42 Å². The fraction of sp³-hybridized carbons (Fsp3) is 0.394. The van der Waals surface area contributed by atoms with Crippen LogP contribution in [0.5, 0.6) is 0 Å². The minimum absolute atomic E-state index is 0.0951. The molecule has 0 fully saturated rings. The Hall–Kier alpha value is -3.65. The molecule has 0 aliphatic heterocycles. The number of rotatable bonds is 12. The zero-order chi connectivity index (χ0) is 30.2. The molecule has 0 aliphatic rings. The minimum atomic E-state index is -3.56. The lowest BCUT2D eigenvalue weighted by Crippen LogP contribution is -2.54. The molecule has 0 aliphatic carbocycles. The van der Waals surface area contributed by atoms with Gasteiger partial charge >= 0.3 is 0 Å². The molecule has 8 heteroatoms. The molecule has 220 valence electrons. The van der Waals surface area contributed by atoms with Gasteiger partial charge in [0.25, 0.3) is 0 Å². The van der Waals surface area contributed by atoms with E-state index in [2.05, 4.69) is 5.32 Å². The van der Waals surface area contributed by atoms with Crippen molar-refractivity contribution in [3.05, 3.63) is 101 Å². The topological polar surface area (TPSA) is 86.8 Å². The monoisotopic (exact) mass is 577 g/mol. The molecule has 0 saturated carbocycles. The van der Waals surface area contributed by atoms with E-state index in [0.29, 0.717) is 18.5 Å². The number of anilines is 1. The smallest absolute Gasteiger partial charge is 0.243 e. The third-order valence-corrected chi connectivity index (χ3v) is 8.09. The lowest BCUT2D eigenvalue weighted by molar-refractivity contribution is -0.142. The summed E-state index contributed by atoms with van der Waals surface area (Å²) < 4.78 is 26.7. The number of benzene rings is 3. The fourth-order valence-corrected chi connectivity index (χ4v) is 5.83. The normalized spacial score (nSPS) is 12.4. The van der Waals surface area contributed by atoms with Crippen molar-refractivity contribution in [1.82, 2.24) is 10.2 Å². The van der Waals surface area contributed by atoms with Gasteiger partial charge in [0.15, 0.2) is 0 Å². The van der Waals surface area contributed by atoms with Crippen LogP contribution in [0.4, 0.5) is 5.69 Å². The van der Waals surface area contributed by atoms with Crippen molar-refractivity contribution < 1.29 is 18.0 Å². The summed E-state index contributed by atoms with van der Waals surface area (Å²) in [5, 5.41) is 3.08. The number of amides is 2. The van der Waals surface area contributed by atoms with Crippen LogP contribution in [-0.2, 0) is 32.6 Å². The molecule has 0 radical (unpaired) electrons. The Bertz CT molecular complexity index is 1430. The highest BCUT2D eigenvalue weighted by molar-refractivity contribution is 7.92. The van der Waals surface area contributed by atoms with E-state index in [0.717, 1.165) is 22.3 Å². The number of carbonyl (C=O) groups is 2. The predicted octanol–water partition coefficient (Wildman–Crippen LogP) is 5.40. The molecule has 3 rings (SSSR count). The molecule has 3 aromatic rings. The minimum Gasteiger partial charge on any atom is -0.350 e. The van der Waals surface area contributed by atoms with Crippen molar-refractivity contribution in [1.29, 1.82) is 0 Å². The molecular weight excluding hydrogens is 534 g/mol. The SMILES string of the molecule is Cc1ccccc1CN(C(=O)CCCN(c1ccccc1C)S(C)(=O)=O)[C@@H](Cc1ccccc1)C(=O)NC(C)(C)C. The van der Waals surface area contributed by atoms with E-state index < -0.39 is 21.6 Å². The largest absolute Gasteiger partial charge is 0.350 e. The molecule has 41 heavy (non-hydrogen) atoms. The van der Waals surface area contributed by atoms with Crippen molar-refractivity contribution in [2.24, 2.45) is 0 Å². The van der Waals surface area contributed by atoms with Crippen LogP contribution in [0.3, 0.4) is 0 Å². The van der Waals surface area contributed by atoms with E-state index in [4.69, 9.17) is 0 Å². The molecule has 0 unspecified atom stereocenters. The summed E-state index contributed by atoms with van der Waals surface area (Å²) in [6.45, 7) is 10.0. The first-order valence-corrected chi connectivity index (χ1v) is 15.8. The lowest BCUT2D eigenvalue weighted by atomic mass is 9.99. The van der Waals surface area contributed by atoms with Gasteiger partial charge in [0.2, 0.25) is 21.8 Å². The molecular formula is C33H43N3O4S. The second-order valence-electron chi connectivity index (χ2n) is 11.6. The Kier molecular flexibility index (Phi) is 10.7. The summed E-state index contributed by atoms with van der Waals surface area (Å²) in [6, 6.07) is 24.1. The standard InChI is InChI=1S/C33H43N3O4S/c1-25-15-10-12-19-28(25)24-35(30(32(38)34-33(3,4)5)23-27-17-8-7-9-18-27)31(37)21-14-22-36(41(6,39)40)29-20-13-11-16-26(29)2/h7-13,15-20,30H,14,21-24H2,1-6H3,(H,34,38)/t30-/m0/s1. The highest BCUT2D eigenvalue weighted by atomic mass is 32.2. The fourth-order valence-electron chi connectivity index (χ4n) is 4.80. The average Bonchev–Trinajstić information content (AvgIpc) is 2.89. The van der Waals surface area contributed by atoms with Crippen molar-refractivity contribution in [2.75, 3.05) is 17.1 Å². The first-order valence-electron chi connectivity index (χ1n) is 14.0. The van der Waals surface area contributed by atoms with Gasteiger partial charge in [-0.1, -0.05) is 72.8 Å². The van der Waals surface area contributed by atoms with Gasteiger partial charge in [0, 0.05) is 31.5 Å². The van der Waals surface area contributed by atoms with Gasteiger partial charge in [-0.3, -0.25) is 13.9 Å². The Labute approximate surface area is 245 Å². The highest BCUT2D eigenvalue weighted by Crippen LogP contribution is 2.24.